The number of para-hydroxylation sites is 3. The molecule has 24 heavy (non-hydrogen) atoms. The van der Waals surface area contributed by atoms with E-state index in [1.165, 1.54) is 7.11 Å². The van der Waals surface area contributed by atoms with Crippen LogP contribution < -0.4 is 10.1 Å². The van der Waals surface area contributed by atoms with E-state index in [0.717, 1.165) is 10.9 Å². The molecule has 5 heteroatoms. The zero-order valence-electron chi connectivity index (χ0n) is 13.1. The monoisotopic (exact) mass is 317 g/mol. The summed E-state index contributed by atoms with van der Waals surface area (Å²) in [5.41, 5.74) is 1.69. The molecule has 1 aromatic heterocycles. The molecular formula is C19H15N3O2. The molecule has 1 heterocycles. The number of nitrogens with one attached hydrogen (secondary N) is 1. The van der Waals surface area contributed by atoms with E-state index in [-0.39, 0.29) is 0 Å². The van der Waals surface area contributed by atoms with Gasteiger partial charge in [-0.3, -0.25) is 9.78 Å². The number of nitrogens with zero attached hydrogens (tertiary/aromatic N) is 2. The largest absolute Gasteiger partial charge is 0.495 e. The third-order valence-electron chi connectivity index (χ3n) is 3.67. The molecule has 0 aliphatic rings. The minimum absolute atomic E-state index is 0.420. The molecule has 1 atom stereocenters. The van der Waals surface area contributed by atoms with Crippen LogP contribution in [0.3, 0.4) is 0 Å². The van der Waals surface area contributed by atoms with Crippen LogP contribution in [0.25, 0.3) is 10.9 Å². The van der Waals surface area contributed by atoms with Crippen molar-refractivity contribution in [1.29, 1.82) is 5.26 Å². The fourth-order valence-corrected chi connectivity index (χ4v) is 2.45. The topological polar surface area (TPSA) is 75.0 Å². The molecule has 3 rings (SSSR count). The van der Waals surface area contributed by atoms with Crippen molar-refractivity contribution in [2.45, 2.75) is 5.92 Å². The summed E-state index contributed by atoms with van der Waals surface area (Å²) >= 11 is 0. The van der Waals surface area contributed by atoms with E-state index in [1.54, 1.807) is 30.3 Å². The number of anilines is 1. The van der Waals surface area contributed by atoms with Gasteiger partial charge in [0.2, 0.25) is 5.91 Å². The van der Waals surface area contributed by atoms with Crippen molar-refractivity contribution in [3.8, 4) is 11.8 Å². The van der Waals surface area contributed by atoms with Gasteiger partial charge in [0, 0.05) is 5.39 Å². The Balaban J connectivity index is 1.89. The molecule has 0 saturated heterocycles. The Morgan fingerprint density at radius 2 is 1.88 bits per heavy atom. The lowest BCUT2D eigenvalue weighted by Gasteiger charge is -2.13. The highest BCUT2D eigenvalue weighted by molar-refractivity contribution is 5.98. The number of methoxy groups -OCH3 is 1. The third-order valence-corrected chi connectivity index (χ3v) is 3.67. The minimum atomic E-state index is -1.00. The van der Waals surface area contributed by atoms with Gasteiger partial charge in [0.15, 0.2) is 5.92 Å². The smallest absolute Gasteiger partial charge is 0.247 e. The van der Waals surface area contributed by atoms with Crippen molar-refractivity contribution in [3.05, 3.63) is 66.4 Å². The third kappa shape index (κ3) is 3.03. The van der Waals surface area contributed by atoms with E-state index >= 15 is 0 Å². The predicted molar refractivity (Wildman–Crippen MR) is 91.7 cm³/mol. The summed E-state index contributed by atoms with van der Waals surface area (Å²) in [5, 5.41) is 13.1. The summed E-state index contributed by atoms with van der Waals surface area (Å²) in [5.74, 6) is -0.904. The summed E-state index contributed by atoms with van der Waals surface area (Å²) < 4.78 is 5.21. The Morgan fingerprint density at radius 3 is 2.67 bits per heavy atom. The van der Waals surface area contributed by atoms with Crippen molar-refractivity contribution in [3.63, 3.8) is 0 Å². The Labute approximate surface area is 139 Å². The second-order valence-electron chi connectivity index (χ2n) is 5.18. The van der Waals surface area contributed by atoms with E-state index in [1.807, 2.05) is 36.4 Å². The van der Waals surface area contributed by atoms with Crippen molar-refractivity contribution >= 4 is 22.5 Å². The van der Waals surface area contributed by atoms with Crippen LogP contribution in [-0.4, -0.2) is 18.0 Å². The van der Waals surface area contributed by atoms with Crippen molar-refractivity contribution in [2.24, 2.45) is 0 Å². The number of fused-ring (bicyclic) bond motifs is 1. The van der Waals surface area contributed by atoms with E-state index in [0.29, 0.717) is 17.1 Å². The van der Waals surface area contributed by atoms with Gasteiger partial charge in [-0.2, -0.15) is 5.26 Å². The number of ether oxygens (including phenoxy) is 1. The molecular weight excluding hydrogens is 302 g/mol. The zero-order chi connectivity index (χ0) is 16.9. The quantitative estimate of drug-likeness (QED) is 0.799. The maximum Gasteiger partial charge on any atom is 0.247 e. The van der Waals surface area contributed by atoms with E-state index in [9.17, 15) is 10.1 Å². The van der Waals surface area contributed by atoms with Crippen molar-refractivity contribution < 1.29 is 9.53 Å². The SMILES string of the molecule is COc1ccccc1NC(=O)[C@@H](C#N)c1ccc2ccccc2n1. The molecule has 0 radical (unpaired) electrons. The molecule has 3 aromatic rings. The van der Waals surface area contributed by atoms with Crippen LogP contribution in [-0.2, 0) is 4.79 Å². The molecule has 5 nitrogen and oxygen atoms in total. The van der Waals surface area contributed by atoms with E-state index in [2.05, 4.69) is 10.3 Å². The highest BCUT2D eigenvalue weighted by Gasteiger charge is 2.23. The number of hydrogen-bond donors (Lipinski definition) is 1. The number of carbonyl (C=O) groups excluding carboxylic acids is 1. The minimum Gasteiger partial charge on any atom is -0.495 e. The molecule has 0 aliphatic heterocycles. The van der Waals surface area contributed by atoms with Gasteiger partial charge in [-0.1, -0.05) is 36.4 Å². The Hall–Kier alpha value is -3.39. The standard InChI is InChI=1S/C19H15N3O2/c1-24-18-9-5-4-8-17(18)22-19(23)14(12-20)16-11-10-13-6-2-3-7-15(13)21-16/h2-11,14H,1H3,(H,22,23)/t14-/m0/s1. The normalized spacial score (nSPS) is 11.5. The summed E-state index contributed by atoms with van der Waals surface area (Å²) in [6, 6.07) is 20.2. The molecule has 0 aliphatic carbocycles. The number of hydrogen-bond acceptors (Lipinski definition) is 4. The van der Waals surface area contributed by atoms with Gasteiger partial charge in [0.25, 0.3) is 0 Å². The first-order valence-electron chi connectivity index (χ1n) is 7.42. The first-order valence-corrected chi connectivity index (χ1v) is 7.42. The average Bonchev–Trinajstić information content (AvgIpc) is 2.62. The van der Waals surface area contributed by atoms with E-state index in [4.69, 9.17) is 4.74 Å². The van der Waals surface area contributed by atoms with Gasteiger partial charge >= 0.3 is 0 Å². The second-order valence-corrected chi connectivity index (χ2v) is 5.18. The van der Waals surface area contributed by atoms with Gasteiger partial charge in [0.05, 0.1) is 30.1 Å². The van der Waals surface area contributed by atoms with Crippen molar-refractivity contribution in [2.75, 3.05) is 12.4 Å². The Morgan fingerprint density at radius 1 is 1.12 bits per heavy atom. The molecule has 2 aromatic carbocycles. The molecule has 0 spiro atoms. The molecule has 0 unspecified atom stereocenters. The number of benzene rings is 2. The average molecular weight is 317 g/mol. The Kier molecular flexibility index (Phi) is 4.39. The lowest BCUT2D eigenvalue weighted by atomic mass is 10.0. The second kappa shape index (κ2) is 6.80. The first kappa shape index (κ1) is 15.5. The van der Waals surface area contributed by atoms with Gasteiger partial charge < -0.3 is 10.1 Å². The van der Waals surface area contributed by atoms with Crippen LogP contribution in [0.5, 0.6) is 5.75 Å². The summed E-state index contributed by atoms with van der Waals surface area (Å²) in [7, 11) is 1.53. The van der Waals surface area contributed by atoms with Crippen LogP contribution >= 0.6 is 0 Å². The molecule has 1 amide bonds. The van der Waals surface area contributed by atoms with Gasteiger partial charge in [-0.25, -0.2) is 0 Å². The van der Waals surface area contributed by atoms with Gasteiger partial charge in [-0.15, -0.1) is 0 Å². The van der Waals surface area contributed by atoms with Gasteiger partial charge in [0.1, 0.15) is 5.75 Å². The Bertz CT molecular complexity index is 931. The van der Waals surface area contributed by atoms with Crippen LogP contribution in [0, 0.1) is 11.3 Å². The van der Waals surface area contributed by atoms with Crippen LogP contribution in [0.2, 0.25) is 0 Å². The molecule has 0 fully saturated rings. The fourth-order valence-electron chi connectivity index (χ4n) is 2.45. The first-order chi connectivity index (χ1) is 11.7. The lowest BCUT2D eigenvalue weighted by Crippen LogP contribution is -2.21. The molecule has 0 saturated carbocycles. The molecule has 0 bridgehead atoms. The number of pyridine rings is 1. The molecule has 118 valence electrons. The molecule has 1 N–H and O–H groups in total. The number of carbonyl (C=O) groups is 1. The summed E-state index contributed by atoms with van der Waals surface area (Å²) in [4.78, 5) is 17.0. The van der Waals surface area contributed by atoms with Gasteiger partial charge in [-0.05, 0) is 24.3 Å². The highest BCUT2D eigenvalue weighted by atomic mass is 16.5. The maximum absolute atomic E-state index is 12.5. The van der Waals surface area contributed by atoms with Crippen LogP contribution in [0.4, 0.5) is 5.69 Å². The lowest BCUT2D eigenvalue weighted by molar-refractivity contribution is -0.116. The summed E-state index contributed by atoms with van der Waals surface area (Å²) in [6.07, 6.45) is 0. The number of rotatable bonds is 4. The number of nitriles is 1. The predicted octanol–water partition coefficient (Wildman–Crippen LogP) is 3.49. The number of amides is 1. The van der Waals surface area contributed by atoms with E-state index < -0.39 is 11.8 Å². The summed E-state index contributed by atoms with van der Waals surface area (Å²) in [6.45, 7) is 0. The van der Waals surface area contributed by atoms with Crippen LogP contribution in [0.15, 0.2) is 60.7 Å². The highest BCUT2D eigenvalue weighted by Crippen LogP contribution is 2.25. The number of aromatic nitrogens is 1. The van der Waals surface area contributed by atoms with Crippen LogP contribution in [0.1, 0.15) is 11.6 Å². The zero-order valence-corrected chi connectivity index (χ0v) is 13.1. The fraction of sp³-hybridized carbons (Fsp3) is 0.105. The maximum atomic E-state index is 12.5. The van der Waals surface area contributed by atoms with Crippen molar-refractivity contribution in [1.82, 2.24) is 4.98 Å².